The van der Waals surface area contributed by atoms with E-state index in [4.69, 9.17) is 16.0 Å². The van der Waals surface area contributed by atoms with Crippen LogP contribution >= 0.6 is 11.6 Å². The van der Waals surface area contributed by atoms with Gasteiger partial charge < -0.3 is 14.2 Å². The molecule has 1 aliphatic rings. The van der Waals surface area contributed by atoms with Crippen molar-refractivity contribution in [1.29, 1.82) is 0 Å². The molecular formula is C19H17ClN4O3. The Kier molecular flexibility index (Phi) is 4.53. The summed E-state index contributed by atoms with van der Waals surface area (Å²) in [5.41, 5.74) is 1.72. The largest absolute Gasteiger partial charge is 0.451 e. The Morgan fingerprint density at radius 3 is 2.44 bits per heavy atom. The molecule has 138 valence electrons. The van der Waals surface area contributed by atoms with Crippen LogP contribution in [0.3, 0.4) is 0 Å². The standard InChI is InChI=1S/C19H17ClN4O3/c1-12-14-10-13(20)2-3-16(14)27-17(12)19(26)24-8-6-23(7-9-24)18(25)15-11-21-4-5-22-15/h2-5,10-11H,6-9H2,1H3. The van der Waals surface area contributed by atoms with Crippen molar-refractivity contribution in [1.82, 2.24) is 19.8 Å². The van der Waals surface area contributed by atoms with Gasteiger partial charge in [-0.05, 0) is 25.1 Å². The van der Waals surface area contributed by atoms with Crippen LogP contribution in [0.4, 0.5) is 0 Å². The number of piperazine rings is 1. The van der Waals surface area contributed by atoms with E-state index in [1.165, 1.54) is 18.6 Å². The molecule has 3 heterocycles. The Morgan fingerprint density at radius 1 is 1.07 bits per heavy atom. The van der Waals surface area contributed by atoms with Crippen LogP contribution in [0.15, 0.2) is 41.2 Å². The summed E-state index contributed by atoms with van der Waals surface area (Å²) >= 11 is 6.04. The van der Waals surface area contributed by atoms with Gasteiger partial charge in [0.2, 0.25) is 0 Å². The first-order valence-electron chi connectivity index (χ1n) is 8.58. The number of rotatable bonds is 2. The van der Waals surface area contributed by atoms with E-state index in [0.717, 1.165) is 10.9 Å². The molecule has 2 amide bonds. The van der Waals surface area contributed by atoms with Crippen LogP contribution in [-0.4, -0.2) is 57.8 Å². The highest BCUT2D eigenvalue weighted by Gasteiger charge is 2.29. The highest BCUT2D eigenvalue weighted by Crippen LogP contribution is 2.29. The van der Waals surface area contributed by atoms with Crippen molar-refractivity contribution < 1.29 is 14.0 Å². The van der Waals surface area contributed by atoms with E-state index in [0.29, 0.717) is 48.2 Å². The molecule has 0 radical (unpaired) electrons. The number of carbonyl (C=O) groups excluding carboxylic acids is 2. The zero-order valence-corrected chi connectivity index (χ0v) is 15.4. The van der Waals surface area contributed by atoms with Crippen LogP contribution in [0, 0.1) is 6.92 Å². The lowest BCUT2D eigenvalue weighted by Crippen LogP contribution is -2.50. The molecule has 0 saturated carbocycles. The third kappa shape index (κ3) is 3.26. The van der Waals surface area contributed by atoms with E-state index in [-0.39, 0.29) is 11.8 Å². The van der Waals surface area contributed by atoms with E-state index in [1.807, 2.05) is 6.92 Å². The Bertz CT molecular complexity index is 1010. The topological polar surface area (TPSA) is 79.5 Å². The third-order valence-electron chi connectivity index (χ3n) is 4.73. The molecule has 0 spiro atoms. The SMILES string of the molecule is Cc1c(C(=O)N2CCN(C(=O)c3cnccn3)CC2)oc2ccc(Cl)cc12. The summed E-state index contributed by atoms with van der Waals surface area (Å²) in [5.74, 6) is -0.0304. The monoisotopic (exact) mass is 384 g/mol. The van der Waals surface area contributed by atoms with Crippen molar-refractivity contribution in [2.75, 3.05) is 26.2 Å². The van der Waals surface area contributed by atoms with Crippen LogP contribution in [0.2, 0.25) is 5.02 Å². The number of hydrogen-bond acceptors (Lipinski definition) is 5. The molecule has 7 nitrogen and oxygen atoms in total. The number of fused-ring (bicyclic) bond motifs is 1. The van der Waals surface area contributed by atoms with Gasteiger partial charge in [0.05, 0.1) is 6.20 Å². The predicted octanol–water partition coefficient (Wildman–Crippen LogP) is 2.78. The zero-order chi connectivity index (χ0) is 19.0. The van der Waals surface area contributed by atoms with Crippen molar-refractivity contribution >= 4 is 34.4 Å². The summed E-state index contributed by atoms with van der Waals surface area (Å²) in [7, 11) is 0. The average molecular weight is 385 g/mol. The lowest BCUT2D eigenvalue weighted by Gasteiger charge is -2.34. The second-order valence-corrected chi connectivity index (χ2v) is 6.81. The lowest BCUT2D eigenvalue weighted by molar-refractivity contribution is 0.0515. The summed E-state index contributed by atoms with van der Waals surface area (Å²) < 4.78 is 5.76. The van der Waals surface area contributed by atoms with Gasteiger partial charge in [-0.25, -0.2) is 4.98 Å². The highest BCUT2D eigenvalue weighted by atomic mass is 35.5. The Morgan fingerprint density at radius 2 is 1.78 bits per heavy atom. The molecule has 0 unspecified atom stereocenters. The van der Waals surface area contributed by atoms with Gasteiger partial charge in [-0.1, -0.05) is 11.6 Å². The molecule has 2 aromatic heterocycles. The molecule has 0 atom stereocenters. The summed E-state index contributed by atoms with van der Waals surface area (Å²) in [5, 5.41) is 1.43. The maximum atomic E-state index is 12.9. The molecular weight excluding hydrogens is 368 g/mol. The van der Waals surface area contributed by atoms with E-state index < -0.39 is 0 Å². The quantitative estimate of drug-likeness (QED) is 0.678. The van der Waals surface area contributed by atoms with Crippen LogP contribution in [0.1, 0.15) is 26.6 Å². The van der Waals surface area contributed by atoms with Crippen molar-refractivity contribution in [2.45, 2.75) is 6.92 Å². The van der Waals surface area contributed by atoms with Gasteiger partial charge in [0.1, 0.15) is 11.3 Å². The number of hydrogen-bond donors (Lipinski definition) is 0. The van der Waals surface area contributed by atoms with Crippen molar-refractivity contribution in [3.8, 4) is 0 Å². The number of carbonyl (C=O) groups is 2. The Hall–Kier alpha value is -2.93. The van der Waals surface area contributed by atoms with Crippen LogP contribution < -0.4 is 0 Å². The van der Waals surface area contributed by atoms with E-state index >= 15 is 0 Å². The van der Waals surface area contributed by atoms with Crippen molar-refractivity contribution in [3.63, 3.8) is 0 Å². The molecule has 1 fully saturated rings. The average Bonchev–Trinajstić information content (AvgIpc) is 3.04. The van der Waals surface area contributed by atoms with E-state index in [2.05, 4.69) is 9.97 Å². The molecule has 8 heteroatoms. The maximum Gasteiger partial charge on any atom is 0.290 e. The summed E-state index contributed by atoms with van der Waals surface area (Å²) in [6.45, 7) is 3.59. The minimum Gasteiger partial charge on any atom is -0.451 e. The number of aryl methyl sites for hydroxylation is 1. The van der Waals surface area contributed by atoms with E-state index in [1.54, 1.807) is 28.0 Å². The fourth-order valence-corrected chi connectivity index (χ4v) is 3.40. The molecule has 3 aromatic rings. The normalized spacial score (nSPS) is 14.6. The van der Waals surface area contributed by atoms with Crippen LogP contribution in [0.25, 0.3) is 11.0 Å². The number of benzene rings is 1. The lowest BCUT2D eigenvalue weighted by atomic mass is 10.1. The van der Waals surface area contributed by atoms with Gasteiger partial charge in [0.15, 0.2) is 5.76 Å². The first kappa shape index (κ1) is 17.5. The highest BCUT2D eigenvalue weighted by molar-refractivity contribution is 6.31. The first-order valence-corrected chi connectivity index (χ1v) is 8.95. The number of furan rings is 1. The molecule has 1 saturated heterocycles. The number of amides is 2. The fraction of sp³-hybridized carbons (Fsp3) is 0.263. The molecule has 1 aromatic carbocycles. The Labute approximate surface area is 160 Å². The summed E-state index contributed by atoms with van der Waals surface area (Å²) in [6.07, 6.45) is 4.46. The first-order chi connectivity index (χ1) is 13.0. The molecule has 0 N–H and O–H groups in total. The molecule has 0 aliphatic carbocycles. The minimum atomic E-state index is -0.176. The predicted molar refractivity (Wildman–Crippen MR) is 99.8 cm³/mol. The van der Waals surface area contributed by atoms with Crippen molar-refractivity contribution in [3.05, 3.63) is 58.8 Å². The maximum absolute atomic E-state index is 12.9. The second kappa shape index (κ2) is 7.00. The van der Waals surface area contributed by atoms with Gasteiger partial charge in [-0.15, -0.1) is 0 Å². The van der Waals surface area contributed by atoms with Crippen molar-refractivity contribution in [2.24, 2.45) is 0 Å². The Balaban J connectivity index is 1.48. The summed E-state index contributed by atoms with van der Waals surface area (Å²) in [6, 6.07) is 5.29. The zero-order valence-electron chi connectivity index (χ0n) is 14.7. The van der Waals surface area contributed by atoms with Crippen LogP contribution in [0.5, 0.6) is 0 Å². The fourth-order valence-electron chi connectivity index (χ4n) is 3.22. The summed E-state index contributed by atoms with van der Waals surface area (Å²) in [4.78, 5) is 36.7. The number of aromatic nitrogens is 2. The third-order valence-corrected chi connectivity index (χ3v) is 4.96. The van der Waals surface area contributed by atoms with Gasteiger partial charge in [0, 0.05) is 54.5 Å². The number of halogens is 1. The molecule has 27 heavy (non-hydrogen) atoms. The van der Waals surface area contributed by atoms with Gasteiger partial charge in [-0.2, -0.15) is 0 Å². The van der Waals surface area contributed by atoms with Gasteiger partial charge in [0.25, 0.3) is 11.8 Å². The molecule has 1 aliphatic heterocycles. The molecule has 0 bridgehead atoms. The number of nitrogens with zero attached hydrogens (tertiary/aromatic N) is 4. The molecule has 4 rings (SSSR count). The second-order valence-electron chi connectivity index (χ2n) is 6.37. The minimum absolute atomic E-state index is 0.175. The van der Waals surface area contributed by atoms with Crippen LogP contribution in [-0.2, 0) is 0 Å². The smallest absolute Gasteiger partial charge is 0.290 e. The van der Waals surface area contributed by atoms with E-state index in [9.17, 15) is 9.59 Å². The van der Waals surface area contributed by atoms with Gasteiger partial charge in [-0.3, -0.25) is 14.6 Å². The van der Waals surface area contributed by atoms with Gasteiger partial charge >= 0.3 is 0 Å².